The van der Waals surface area contributed by atoms with Crippen LogP contribution in [0, 0.1) is 0 Å². The average molecular weight is 209 g/mol. The molecule has 0 radical (unpaired) electrons. The van der Waals surface area contributed by atoms with Gasteiger partial charge in [-0.15, -0.1) is 0 Å². The Bertz CT molecular complexity index is 519. The monoisotopic (exact) mass is 208 g/mol. The number of hydrogen-bond donors (Lipinski definition) is 1. The Morgan fingerprint density at radius 1 is 1.50 bits per heavy atom. The smallest absolute Gasteiger partial charge is 0.253 e. The number of benzene rings is 1. The number of halogens is 1. The predicted molar refractivity (Wildman–Crippen MR) is 51.7 cm³/mol. The number of carbonyl (C=O) groups is 2. The molecule has 70 valence electrons. The van der Waals surface area contributed by atoms with Gasteiger partial charge in [0.15, 0.2) is 6.29 Å². The summed E-state index contributed by atoms with van der Waals surface area (Å²) >= 11 is 5.32. The third-order valence-corrected chi connectivity index (χ3v) is 2.16. The van der Waals surface area contributed by atoms with Crippen LogP contribution < -0.4 is 0 Å². The summed E-state index contributed by atoms with van der Waals surface area (Å²) < 4.78 is 0. The molecule has 0 unspecified atom stereocenters. The van der Waals surface area contributed by atoms with Crippen LogP contribution in [0.3, 0.4) is 0 Å². The number of fused-ring (bicyclic) bond motifs is 1. The summed E-state index contributed by atoms with van der Waals surface area (Å²) in [7, 11) is 0. The zero-order valence-corrected chi connectivity index (χ0v) is 7.71. The number of imidazole rings is 1. The molecule has 0 bridgehead atoms. The predicted octanol–water partition coefficient (Wildman–Crippen LogP) is 1.75. The van der Waals surface area contributed by atoms with Gasteiger partial charge in [-0.1, -0.05) is 0 Å². The van der Waals surface area contributed by atoms with Crippen molar-refractivity contribution in [1.82, 2.24) is 9.97 Å². The highest BCUT2D eigenvalue weighted by Crippen LogP contribution is 2.19. The first-order valence-electron chi connectivity index (χ1n) is 3.85. The van der Waals surface area contributed by atoms with Crippen LogP contribution in [0.25, 0.3) is 11.0 Å². The maximum absolute atomic E-state index is 11.0. The minimum Gasteiger partial charge on any atom is -0.345 e. The van der Waals surface area contributed by atoms with Crippen molar-refractivity contribution in [2.24, 2.45) is 0 Å². The molecule has 0 saturated heterocycles. The fraction of sp³-hybridized carbons (Fsp3) is 0. The molecule has 1 heterocycles. The topological polar surface area (TPSA) is 62.8 Å². The standard InChI is InChI=1S/C9H5ClN2O2/c10-9(14)5-1-2-7-8(6(5)3-13)12-4-11-7/h1-4H,(H,11,12). The normalized spacial score (nSPS) is 10.4. The van der Waals surface area contributed by atoms with Crippen molar-refractivity contribution in [3.63, 3.8) is 0 Å². The quantitative estimate of drug-likeness (QED) is 0.604. The first-order chi connectivity index (χ1) is 6.74. The van der Waals surface area contributed by atoms with Crippen LogP contribution in [-0.4, -0.2) is 21.5 Å². The highest BCUT2D eigenvalue weighted by molar-refractivity contribution is 6.68. The minimum absolute atomic E-state index is 0.182. The number of rotatable bonds is 2. The van der Waals surface area contributed by atoms with Gasteiger partial charge in [-0.3, -0.25) is 9.59 Å². The third kappa shape index (κ3) is 1.20. The van der Waals surface area contributed by atoms with E-state index in [2.05, 4.69) is 9.97 Å². The van der Waals surface area contributed by atoms with Crippen LogP contribution in [0.4, 0.5) is 0 Å². The molecule has 0 amide bonds. The first kappa shape index (κ1) is 8.90. The molecular formula is C9H5ClN2O2. The van der Waals surface area contributed by atoms with Crippen molar-refractivity contribution in [1.29, 1.82) is 0 Å². The second-order valence-corrected chi connectivity index (χ2v) is 3.06. The molecule has 1 aromatic heterocycles. The van der Waals surface area contributed by atoms with Gasteiger partial charge < -0.3 is 4.98 Å². The summed E-state index contributed by atoms with van der Waals surface area (Å²) in [6.07, 6.45) is 2.04. The van der Waals surface area contributed by atoms with Gasteiger partial charge in [0.1, 0.15) is 0 Å². The van der Waals surface area contributed by atoms with Crippen molar-refractivity contribution >= 4 is 34.2 Å². The SMILES string of the molecule is O=Cc1c(C(=O)Cl)ccc2[nH]cnc12. The summed E-state index contributed by atoms with van der Waals surface area (Å²) in [6.45, 7) is 0. The Morgan fingerprint density at radius 3 is 2.93 bits per heavy atom. The van der Waals surface area contributed by atoms with Crippen molar-refractivity contribution in [2.75, 3.05) is 0 Å². The Morgan fingerprint density at radius 2 is 2.29 bits per heavy atom. The maximum Gasteiger partial charge on any atom is 0.253 e. The number of aromatic nitrogens is 2. The number of H-pyrrole nitrogens is 1. The van der Waals surface area contributed by atoms with Crippen LogP contribution in [0.1, 0.15) is 20.7 Å². The first-order valence-corrected chi connectivity index (χ1v) is 4.23. The zero-order chi connectivity index (χ0) is 10.1. The molecule has 2 rings (SSSR count). The molecule has 0 aliphatic carbocycles. The summed E-state index contributed by atoms with van der Waals surface area (Å²) in [5, 5.41) is -0.656. The van der Waals surface area contributed by atoms with E-state index in [1.165, 1.54) is 12.4 Å². The number of nitrogens with one attached hydrogen (secondary N) is 1. The van der Waals surface area contributed by atoms with E-state index >= 15 is 0 Å². The lowest BCUT2D eigenvalue weighted by molar-refractivity contribution is 0.106. The Kier molecular flexibility index (Phi) is 2.05. The van der Waals surface area contributed by atoms with Gasteiger partial charge in [0.2, 0.25) is 0 Å². The zero-order valence-electron chi connectivity index (χ0n) is 6.95. The second-order valence-electron chi connectivity index (χ2n) is 2.72. The van der Waals surface area contributed by atoms with Gasteiger partial charge in [-0.05, 0) is 23.7 Å². The van der Waals surface area contributed by atoms with Crippen LogP contribution in [0.5, 0.6) is 0 Å². The van der Waals surface area contributed by atoms with Crippen molar-refractivity contribution in [2.45, 2.75) is 0 Å². The lowest BCUT2D eigenvalue weighted by Gasteiger charge is -1.98. The van der Waals surface area contributed by atoms with Gasteiger partial charge in [0, 0.05) is 5.56 Å². The molecule has 4 nitrogen and oxygen atoms in total. The highest BCUT2D eigenvalue weighted by atomic mass is 35.5. The molecule has 14 heavy (non-hydrogen) atoms. The van der Waals surface area contributed by atoms with Gasteiger partial charge in [-0.2, -0.15) is 0 Å². The van der Waals surface area contributed by atoms with Crippen molar-refractivity contribution in [3.8, 4) is 0 Å². The van der Waals surface area contributed by atoms with Gasteiger partial charge in [0.25, 0.3) is 5.24 Å². The number of carbonyl (C=O) groups excluding carboxylic acids is 2. The van der Waals surface area contributed by atoms with E-state index < -0.39 is 5.24 Å². The molecule has 2 aromatic rings. The fourth-order valence-corrected chi connectivity index (χ4v) is 1.49. The molecule has 0 aliphatic heterocycles. The minimum atomic E-state index is -0.656. The molecular weight excluding hydrogens is 204 g/mol. The van der Waals surface area contributed by atoms with E-state index in [9.17, 15) is 9.59 Å². The van der Waals surface area contributed by atoms with Crippen LogP contribution in [0.2, 0.25) is 0 Å². The van der Waals surface area contributed by atoms with E-state index in [0.717, 1.165) is 0 Å². The van der Waals surface area contributed by atoms with Gasteiger partial charge in [-0.25, -0.2) is 4.98 Å². The average Bonchev–Trinajstić information content (AvgIpc) is 2.63. The molecule has 0 aliphatic rings. The van der Waals surface area contributed by atoms with Crippen molar-refractivity contribution in [3.05, 3.63) is 29.6 Å². The lowest BCUT2D eigenvalue weighted by atomic mass is 10.1. The number of aldehydes is 1. The highest BCUT2D eigenvalue weighted by Gasteiger charge is 2.13. The van der Waals surface area contributed by atoms with Gasteiger partial charge in [0.05, 0.1) is 22.9 Å². The van der Waals surface area contributed by atoms with Crippen LogP contribution in [0.15, 0.2) is 18.5 Å². The summed E-state index contributed by atoms with van der Waals surface area (Å²) in [5.74, 6) is 0. The van der Waals surface area contributed by atoms with E-state index in [-0.39, 0.29) is 11.1 Å². The summed E-state index contributed by atoms with van der Waals surface area (Å²) in [5.41, 5.74) is 1.57. The van der Waals surface area contributed by atoms with Gasteiger partial charge >= 0.3 is 0 Å². The second kappa shape index (κ2) is 3.23. The third-order valence-electron chi connectivity index (χ3n) is 1.96. The lowest BCUT2D eigenvalue weighted by Crippen LogP contribution is -1.97. The molecule has 1 aromatic carbocycles. The Hall–Kier alpha value is -1.68. The fourth-order valence-electron chi connectivity index (χ4n) is 1.32. The molecule has 5 heteroatoms. The van der Waals surface area contributed by atoms with E-state index in [0.29, 0.717) is 17.3 Å². The largest absolute Gasteiger partial charge is 0.345 e. The van der Waals surface area contributed by atoms with E-state index in [1.807, 2.05) is 0 Å². The Labute approximate surface area is 83.9 Å². The molecule has 0 atom stereocenters. The molecule has 0 spiro atoms. The summed E-state index contributed by atoms with van der Waals surface area (Å²) in [4.78, 5) is 28.5. The molecule has 0 saturated carbocycles. The van der Waals surface area contributed by atoms with Crippen molar-refractivity contribution < 1.29 is 9.59 Å². The van der Waals surface area contributed by atoms with Crippen LogP contribution in [-0.2, 0) is 0 Å². The molecule has 0 fully saturated rings. The number of aromatic amines is 1. The number of hydrogen-bond acceptors (Lipinski definition) is 3. The van der Waals surface area contributed by atoms with E-state index in [1.54, 1.807) is 6.07 Å². The van der Waals surface area contributed by atoms with E-state index in [4.69, 9.17) is 11.6 Å². The number of nitrogens with zero attached hydrogens (tertiary/aromatic N) is 1. The van der Waals surface area contributed by atoms with Crippen LogP contribution >= 0.6 is 11.6 Å². The summed E-state index contributed by atoms with van der Waals surface area (Å²) in [6, 6.07) is 3.16. The Balaban J connectivity index is 2.85. The molecule has 1 N–H and O–H groups in total. The maximum atomic E-state index is 11.0.